The van der Waals surface area contributed by atoms with Crippen LogP contribution in [0, 0.1) is 11.7 Å². The van der Waals surface area contributed by atoms with E-state index in [1.165, 1.54) is 12.1 Å². The molecule has 2 fully saturated rings. The van der Waals surface area contributed by atoms with Crippen LogP contribution >= 0.6 is 0 Å². The van der Waals surface area contributed by atoms with Crippen LogP contribution in [0.2, 0.25) is 0 Å². The van der Waals surface area contributed by atoms with Gasteiger partial charge < -0.3 is 14.7 Å². The molecule has 1 aromatic heterocycles. The monoisotopic (exact) mass is 266 g/mol. The van der Waals surface area contributed by atoms with Crippen molar-refractivity contribution in [3.63, 3.8) is 0 Å². The molecule has 3 rings (SSSR count). The first-order valence-corrected chi connectivity index (χ1v) is 6.41. The SMILES string of the molecule is O=C(O)N1C2CCC1C(COc1ccc(F)cn1)C2. The molecule has 0 radical (unpaired) electrons. The maximum Gasteiger partial charge on any atom is 0.407 e. The third kappa shape index (κ3) is 2.22. The Kier molecular flexibility index (Phi) is 3.00. The van der Waals surface area contributed by atoms with Gasteiger partial charge in [-0.1, -0.05) is 0 Å². The number of aromatic nitrogens is 1. The standard InChI is InChI=1S/C13H15FN2O3/c14-9-1-4-12(15-6-9)19-7-8-5-10-2-3-11(8)16(10)13(17)18/h1,4,6,8,10-11H,2-3,5,7H2,(H,17,18). The van der Waals surface area contributed by atoms with E-state index >= 15 is 0 Å². The van der Waals surface area contributed by atoms with Gasteiger partial charge in [-0.2, -0.15) is 0 Å². The van der Waals surface area contributed by atoms with Crippen molar-refractivity contribution in [2.45, 2.75) is 31.3 Å². The fourth-order valence-electron chi connectivity index (χ4n) is 3.23. The fraction of sp³-hybridized carbons (Fsp3) is 0.538. The maximum absolute atomic E-state index is 12.7. The number of carbonyl (C=O) groups is 1. The van der Waals surface area contributed by atoms with Crippen molar-refractivity contribution in [3.8, 4) is 5.88 Å². The summed E-state index contributed by atoms with van der Waals surface area (Å²) in [5.74, 6) is 0.192. The molecule has 2 saturated heterocycles. The van der Waals surface area contributed by atoms with Crippen LogP contribution in [0.4, 0.5) is 9.18 Å². The topological polar surface area (TPSA) is 62.7 Å². The van der Waals surface area contributed by atoms with Gasteiger partial charge in [0.15, 0.2) is 0 Å². The molecule has 2 aliphatic heterocycles. The van der Waals surface area contributed by atoms with Crippen molar-refractivity contribution in [1.29, 1.82) is 0 Å². The average molecular weight is 266 g/mol. The van der Waals surface area contributed by atoms with Gasteiger partial charge in [-0.25, -0.2) is 14.2 Å². The molecule has 0 aromatic carbocycles. The van der Waals surface area contributed by atoms with Crippen LogP contribution in [0.15, 0.2) is 18.3 Å². The Hall–Kier alpha value is -1.85. The summed E-state index contributed by atoms with van der Waals surface area (Å²) in [4.78, 5) is 16.5. The predicted octanol–water partition coefficient (Wildman–Crippen LogP) is 2.13. The Morgan fingerprint density at radius 3 is 3.00 bits per heavy atom. The summed E-state index contributed by atoms with van der Waals surface area (Å²) in [5, 5.41) is 9.16. The van der Waals surface area contributed by atoms with Gasteiger partial charge in [0.25, 0.3) is 0 Å². The molecule has 19 heavy (non-hydrogen) atoms. The number of hydrogen-bond donors (Lipinski definition) is 1. The molecule has 6 heteroatoms. The van der Waals surface area contributed by atoms with Gasteiger partial charge in [0.05, 0.1) is 12.8 Å². The van der Waals surface area contributed by atoms with E-state index in [2.05, 4.69) is 4.98 Å². The third-order valence-corrected chi connectivity index (χ3v) is 4.03. The van der Waals surface area contributed by atoms with Crippen molar-refractivity contribution in [1.82, 2.24) is 9.88 Å². The minimum atomic E-state index is -0.838. The number of pyridine rings is 1. The van der Waals surface area contributed by atoms with E-state index in [0.717, 1.165) is 25.5 Å². The quantitative estimate of drug-likeness (QED) is 0.910. The summed E-state index contributed by atoms with van der Waals surface area (Å²) in [7, 11) is 0. The fourth-order valence-corrected chi connectivity index (χ4v) is 3.23. The first-order chi connectivity index (χ1) is 9.15. The Morgan fingerprint density at radius 2 is 2.37 bits per heavy atom. The van der Waals surface area contributed by atoms with Gasteiger partial charge in [-0.3, -0.25) is 0 Å². The van der Waals surface area contributed by atoms with Gasteiger partial charge >= 0.3 is 6.09 Å². The number of hydrogen-bond acceptors (Lipinski definition) is 3. The Labute approximate surface area is 110 Å². The highest BCUT2D eigenvalue weighted by atomic mass is 19.1. The molecular weight excluding hydrogens is 251 g/mol. The number of rotatable bonds is 3. The zero-order valence-corrected chi connectivity index (χ0v) is 10.3. The van der Waals surface area contributed by atoms with Crippen molar-refractivity contribution in [2.75, 3.05) is 6.61 Å². The summed E-state index contributed by atoms with van der Waals surface area (Å²) >= 11 is 0. The smallest absolute Gasteiger partial charge is 0.407 e. The number of nitrogens with zero attached hydrogens (tertiary/aromatic N) is 2. The second-order valence-electron chi connectivity index (χ2n) is 5.11. The molecule has 3 atom stereocenters. The molecule has 1 amide bonds. The molecule has 1 aromatic rings. The highest BCUT2D eigenvalue weighted by molar-refractivity contribution is 5.67. The molecule has 1 N–H and O–H groups in total. The molecule has 5 nitrogen and oxygen atoms in total. The van der Waals surface area contributed by atoms with Crippen LogP contribution in [0.25, 0.3) is 0 Å². The lowest BCUT2D eigenvalue weighted by molar-refractivity contribution is 0.130. The lowest BCUT2D eigenvalue weighted by Crippen LogP contribution is -2.36. The van der Waals surface area contributed by atoms with Crippen LogP contribution in [-0.2, 0) is 0 Å². The second-order valence-corrected chi connectivity index (χ2v) is 5.11. The molecule has 3 unspecified atom stereocenters. The van der Waals surface area contributed by atoms with Crippen molar-refractivity contribution in [2.24, 2.45) is 5.92 Å². The van der Waals surface area contributed by atoms with E-state index in [1.54, 1.807) is 4.90 Å². The Balaban J connectivity index is 1.60. The number of carboxylic acid groups (broad SMARTS) is 1. The minimum Gasteiger partial charge on any atom is -0.477 e. The van der Waals surface area contributed by atoms with Crippen LogP contribution in [0.5, 0.6) is 5.88 Å². The minimum absolute atomic E-state index is 0.0583. The molecule has 102 valence electrons. The van der Waals surface area contributed by atoms with E-state index in [1.807, 2.05) is 0 Å². The Morgan fingerprint density at radius 1 is 1.53 bits per heavy atom. The second kappa shape index (κ2) is 4.68. The first-order valence-electron chi connectivity index (χ1n) is 6.41. The first kappa shape index (κ1) is 12.2. The normalized spacial score (nSPS) is 28.7. The van der Waals surface area contributed by atoms with Gasteiger partial charge in [-0.05, 0) is 25.3 Å². The van der Waals surface area contributed by atoms with Crippen molar-refractivity contribution >= 4 is 6.09 Å². The van der Waals surface area contributed by atoms with E-state index in [9.17, 15) is 9.18 Å². The van der Waals surface area contributed by atoms with Crippen LogP contribution in [0.1, 0.15) is 19.3 Å². The number of fused-ring (bicyclic) bond motifs is 2. The van der Waals surface area contributed by atoms with Crippen molar-refractivity contribution in [3.05, 3.63) is 24.1 Å². The lowest BCUT2D eigenvalue weighted by Gasteiger charge is -2.21. The van der Waals surface area contributed by atoms with E-state index < -0.39 is 11.9 Å². The molecule has 0 saturated carbocycles. The number of amides is 1. The molecule has 2 aliphatic rings. The molecule has 0 spiro atoms. The predicted molar refractivity (Wildman–Crippen MR) is 64.5 cm³/mol. The van der Waals surface area contributed by atoms with Crippen LogP contribution < -0.4 is 4.74 Å². The van der Waals surface area contributed by atoms with E-state index in [4.69, 9.17) is 9.84 Å². The molecule has 3 heterocycles. The number of ether oxygens (including phenoxy) is 1. The van der Waals surface area contributed by atoms with Crippen LogP contribution in [0.3, 0.4) is 0 Å². The van der Waals surface area contributed by atoms with Gasteiger partial charge in [0.1, 0.15) is 5.82 Å². The zero-order valence-electron chi connectivity index (χ0n) is 10.3. The maximum atomic E-state index is 12.7. The highest BCUT2D eigenvalue weighted by Gasteiger charge is 2.48. The van der Waals surface area contributed by atoms with Crippen molar-refractivity contribution < 1.29 is 19.0 Å². The van der Waals surface area contributed by atoms with E-state index in [-0.39, 0.29) is 18.0 Å². The summed E-state index contributed by atoms with van der Waals surface area (Å²) in [5.41, 5.74) is 0. The summed E-state index contributed by atoms with van der Waals surface area (Å²) in [6.45, 7) is 0.434. The highest BCUT2D eigenvalue weighted by Crippen LogP contribution is 2.41. The zero-order chi connectivity index (χ0) is 13.4. The van der Waals surface area contributed by atoms with Gasteiger partial charge in [0, 0.05) is 24.1 Å². The van der Waals surface area contributed by atoms with Gasteiger partial charge in [-0.15, -0.1) is 0 Å². The van der Waals surface area contributed by atoms with Crippen LogP contribution in [-0.4, -0.2) is 39.8 Å². The lowest BCUT2D eigenvalue weighted by atomic mass is 9.90. The summed E-state index contributed by atoms with van der Waals surface area (Å²) in [6, 6.07) is 2.98. The van der Waals surface area contributed by atoms with E-state index in [0.29, 0.717) is 12.5 Å². The summed E-state index contributed by atoms with van der Waals surface area (Å²) < 4.78 is 18.2. The molecule has 2 bridgehead atoms. The molecule has 0 aliphatic carbocycles. The number of halogens is 1. The molecular formula is C13H15FN2O3. The largest absolute Gasteiger partial charge is 0.477 e. The van der Waals surface area contributed by atoms with Gasteiger partial charge in [0.2, 0.25) is 5.88 Å². The average Bonchev–Trinajstić information content (AvgIpc) is 2.95. The Bertz CT molecular complexity index is 479. The summed E-state index contributed by atoms with van der Waals surface area (Å²) in [6.07, 6.45) is 2.97. The third-order valence-electron chi connectivity index (χ3n) is 4.03.